The molecule has 1 fully saturated rings. The molecule has 0 radical (unpaired) electrons. The summed E-state index contributed by atoms with van der Waals surface area (Å²) in [6, 6.07) is 6.41. The fourth-order valence-corrected chi connectivity index (χ4v) is 6.16. The molecular formula is C11H12Cl2O3S2. The molecule has 0 saturated carbocycles. The second-order valence-electron chi connectivity index (χ2n) is 3.99. The van der Waals surface area contributed by atoms with E-state index >= 15 is 0 Å². The first-order valence-electron chi connectivity index (χ1n) is 5.35. The number of aliphatic hydroxyl groups excluding tert-OH is 1. The molecule has 1 aromatic rings. The van der Waals surface area contributed by atoms with Crippen LogP contribution in [0.3, 0.4) is 0 Å². The maximum atomic E-state index is 12.0. The molecule has 1 aliphatic heterocycles. The third kappa shape index (κ3) is 2.51. The molecule has 18 heavy (non-hydrogen) atoms. The smallest absolute Gasteiger partial charge is 0.222 e. The Bertz CT molecular complexity index is 474. The highest BCUT2D eigenvalue weighted by Gasteiger charge is 2.50. The zero-order chi connectivity index (χ0) is 13.3. The Labute approximate surface area is 120 Å². The third-order valence-electron chi connectivity index (χ3n) is 2.79. The Kier molecular flexibility index (Phi) is 4.49. The molecule has 0 aromatic heterocycles. The predicted octanol–water partition coefficient (Wildman–Crippen LogP) is 2.17. The quantitative estimate of drug-likeness (QED) is 0.847. The van der Waals surface area contributed by atoms with Crippen LogP contribution in [-0.4, -0.2) is 28.6 Å². The average molecular weight is 327 g/mol. The van der Waals surface area contributed by atoms with Crippen LogP contribution in [0.2, 0.25) is 5.02 Å². The van der Waals surface area contributed by atoms with E-state index < -0.39 is 31.2 Å². The van der Waals surface area contributed by atoms with Gasteiger partial charge < -0.3 is 5.11 Å². The SMILES string of the molecule is O=S1CCCS(=O)C1(Cl)[C@H](O)c1ccc(Cl)cc1. The average Bonchev–Trinajstić information content (AvgIpc) is 2.36. The van der Waals surface area contributed by atoms with Crippen LogP contribution in [0.15, 0.2) is 24.3 Å². The monoisotopic (exact) mass is 326 g/mol. The molecular weight excluding hydrogens is 315 g/mol. The highest BCUT2D eigenvalue weighted by molar-refractivity contribution is 8.07. The molecule has 0 amide bonds. The lowest BCUT2D eigenvalue weighted by Crippen LogP contribution is -2.45. The molecule has 1 heterocycles. The van der Waals surface area contributed by atoms with E-state index in [9.17, 15) is 13.5 Å². The number of alkyl halides is 1. The summed E-state index contributed by atoms with van der Waals surface area (Å²) in [5, 5.41) is 10.8. The highest BCUT2D eigenvalue weighted by atomic mass is 35.5. The Morgan fingerprint density at radius 2 is 1.67 bits per heavy atom. The van der Waals surface area contributed by atoms with Gasteiger partial charge in [-0.15, -0.1) is 0 Å². The van der Waals surface area contributed by atoms with Crippen LogP contribution in [0.4, 0.5) is 0 Å². The summed E-state index contributed by atoms with van der Waals surface area (Å²) in [4.78, 5) is 0. The second kappa shape index (κ2) is 5.59. The van der Waals surface area contributed by atoms with Crippen molar-refractivity contribution in [1.29, 1.82) is 0 Å². The number of benzene rings is 1. The molecule has 0 spiro atoms. The molecule has 1 aliphatic rings. The summed E-state index contributed by atoms with van der Waals surface area (Å²) in [6.07, 6.45) is -0.639. The summed E-state index contributed by atoms with van der Waals surface area (Å²) in [7, 11) is -3.05. The molecule has 100 valence electrons. The van der Waals surface area contributed by atoms with Gasteiger partial charge in [-0.05, 0) is 24.1 Å². The van der Waals surface area contributed by atoms with E-state index in [4.69, 9.17) is 23.2 Å². The number of hydrogen-bond donors (Lipinski definition) is 1. The third-order valence-corrected chi connectivity index (χ3v) is 8.41. The van der Waals surface area contributed by atoms with Gasteiger partial charge in [-0.1, -0.05) is 35.3 Å². The van der Waals surface area contributed by atoms with E-state index in [0.29, 0.717) is 28.5 Å². The normalized spacial score (nSPS) is 34.2. The van der Waals surface area contributed by atoms with E-state index in [2.05, 4.69) is 0 Å². The molecule has 1 aromatic carbocycles. The summed E-state index contributed by atoms with van der Waals surface area (Å²) >= 11 is 12.0. The molecule has 2 rings (SSSR count). The standard InChI is InChI=1S/C11H12Cl2O3S2/c12-9-4-2-8(3-5-9)10(14)11(13)17(15)6-1-7-18(11)16/h2-5,10,14H,1,6-7H2/t10-,11?,17?,18?/m1/s1. The lowest BCUT2D eigenvalue weighted by molar-refractivity contribution is 0.183. The predicted molar refractivity (Wildman–Crippen MR) is 75.6 cm³/mol. The van der Waals surface area contributed by atoms with Crippen molar-refractivity contribution in [3.05, 3.63) is 34.9 Å². The number of rotatable bonds is 2. The van der Waals surface area contributed by atoms with E-state index in [-0.39, 0.29) is 0 Å². The van der Waals surface area contributed by atoms with Gasteiger partial charge in [-0.25, -0.2) is 0 Å². The molecule has 2 unspecified atom stereocenters. The van der Waals surface area contributed by atoms with E-state index in [1.165, 1.54) is 0 Å². The Morgan fingerprint density at radius 1 is 1.17 bits per heavy atom. The van der Waals surface area contributed by atoms with Crippen molar-refractivity contribution in [2.75, 3.05) is 11.5 Å². The zero-order valence-corrected chi connectivity index (χ0v) is 12.5. The van der Waals surface area contributed by atoms with Crippen LogP contribution in [-0.2, 0) is 21.6 Å². The fourth-order valence-electron chi connectivity index (χ4n) is 1.80. The lowest BCUT2D eigenvalue weighted by Gasteiger charge is -2.33. The van der Waals surface area contributed by atoms with Crippen LogP contribution in [0.25, 0.3) is 0 Å². The topological polar surface area (TPSA) is 54.4 Å². The van der Waals surface area contributed by atoms with Gasteiger partial charge in [0.25, 0.3) is 0 Å². The minimum Gasteiger partial charge on any atom is -0.385 e. The van der Waals surface area contributed by atoms with Crippen LogP contribution < -0.4 is 0 Å². The summed E-state index contributed by atoms with van der Waals surface area (Å²) in [5.41, 5.74) is 0.470. The minimum absolute atomic E-state index is 0.361. The van der Waals surface area contributed by atoms with Crippen molar-refractivity contribution in [2.24, 2.45) is 0 Å². The molecule has 3 nitrogen and oxygen atoms in total. The first kappa shape index (κ1) is 14.5. The van der Waals surface area contributed by atoms with Gasteiger partial charge in [-0.2, -0.15) is 0 Å². The van der Waals surface area contributed by atoms with Crippen molar-refractivity contribution < 1.29 is 13.5 Å². The van der Waals surface area contributed by atoms with Gasteiger partial charge in [-0.3, -0.25) is 8.42 Å². The Morgan fingerprint density at radius 3 is 2.17 bits per heavy atom. The van der Waals surface area contributed by atoms with Crippen LogP contribution in [0.1, 0.15) is 18.1 Å². The first-order chi connectivity index (χ1) is 8.46. The number of aliphatic hydroxyl groups is 1. The van der Waals surface area contributed by atoms with Gasteiger partial charge in [0.05, 0.1) is 21.6 Å². The lowest BCUT2D eigenvalue weighted by atomic mass is 10.1. The van der Waals surface area contributed by atoms with Crippen molar-refractivity contribution in [3.8, 4) is 0 Å². The summed E-state index contributed by atoms with van der Waals surface area (Å²) in [6.45, 7) is 0. The van der Waals surface area contributed by atoms with E-state index in [1.807, 2.05) is 0 Å². The highest BCUT2D eigenvalue weighted by Crippen LogP contribution is 2.41. The van der Waals surface area contributed by atoms with Gasteiger partial charge in [0, 0.05) is 16.5 Å². The van der Waals surface area contributed by atoms with Crippen molar-refractivity contribution >= 4 is 44.8 Å². The van der Waals surface area contributed by atoms with Gasteiger partial charge >= 0.3 is 0 Å². The summed E-state index contributed by atoms with van der Waals surface area (Å²) in [5.74, 6) is 0.722. The summed E-state index contributed by atoms with van der Waals surface area (Å²) < 4.78 is 22.4. The maximum absolute atomic E-state index is 12.0. The van der Waals surface area contributed by atoms with E-state index in [1.54, 1.807) is 24.3 Å². The van der Waals surface area contributed by atoms with Gasteiger partial charge in [0.1, 0.15) is 6.10 Å². The molecule has 1 saturated heterocycles. The van der Waals surface area contributed by atoms with Crippen molar-refractivity contribution in [1.82, 2.24) is 0 Å². The van der Waals surface area contributed by atoms with Crippen molar-refractivity contribution in [2.45, 2.75) is 16.1 Å². The Hall–Kier alpha value is 0.0600. The number of hydrogen-bond acceptors (Lipinski definition) is 3. The van der Waals surface area contributed by atoms with Crippen LogP contribution in [0, 0.1) is 0 Å². The van der Waals surface area contributed by atoms with Crippen LogP contribution in [0.5, 0.6) is 0 Å². The molecule has 0 bridgehead atoms. The Balaban J connectivity index is 2.36. The molecule has 7 heteroatoms. The van der Waals surface area contributed by atoms with Gasteiger partial charge in [0.15, 0.2) is 0 Å². The molecule has 1 N–H and O–H groups in total. The van der Waals surface area contributed by atoms with Crippen LogP contribution >= 0.6 is 23.2 Å². The first-order valence-corrected chi connectivity index (χ1v) is 8.75. The largest absolute Gasteiger partial charge is 0.385 e. The fraction of sp³-hybridized carbons (Fsp3) is 0.455. The molecule has 3 atom stereocenters. The van der Waals surface area contributed by atoms with Gasteiger partial charge in [0.2, 0.25) is 3.54 Å². The zero-order valence-electron chi connectivity index (χ0n) is 9.34. The maximum Gasteiger partial charge on any atom is 0.222 e. The number of halogens is 2. The van der Waals surface area contributed by atoms with Crippen molar-refractivity contribution in [3.63, 3.8) is 0 Å². The minimum atomic E-state index is -1.62. The van der Waals surface area contributed by atoms with E-state index in [0.717, 1.165) is 0 Å². The molecule has 0 aliphatic carbocycles. The second-order valence-corrected chi connectivity index (χ2v) is 9.22.